The SMILES string of the molecule is Cc1cc2ncc(-c3ccc(C#N)cc3)n2cc1-c1ccccc1. The topological polar surface area (TPSA) is 41.1 Å². The summed E-state index contributed by atoms with van der Waals surface area (Å²) in [5.74, 6) is 0. The number of benzene rings is 2. The van der Waals surface area contributed by atoms with Gasteiger partial charge in [-0.1, -0.05) is 42.5 Å². The monoisotopic (exact) mass is 309 g/mol. The Morgan fingerprint density at radius 3 is 2.42 bits per heavy atom. The Bertz CT molecular complexity index is 1050. The van der Waals surface area contributed by atoms with Crippen molar-refractivity contribution in [2.24, 2.45) is 0 Å². The lowest BCUT2D eigenvalue weighted by Crippen LogP contribution is -1.93. The Labute approximate surface area is 140 Å². The average Bonchev–Trinajstić information content (AvgIpc) is 3.04. The van der Waals surface area contributed by atoms with Gasteiger partial charge in [-0.25, -0.2) is 4.98 Å². The van der Waals surface area contributed by atoms with Crippen LogP contribution in [0.2, 0.25) is 0 Å². The molecule has 0 atom stereocenters. The number of aryl methyl sites for hydroxylation is 1. The van der Waals surface area contributed by atoms with Crippen LogP contribution in [0.5, 0.6) is 0 Å². The molecule has 4 aromatic rings. The third-order valence-electron chi connectivity index (χ3n) is 4.25. The lowest BCUT2D eigenvalue weighted by molar-refractivity contribution is 1.18. The summed E-state index contributed by atoms with van der Waals surface area (Å²) in [6, 6.07) is 22.2. The highest BCUT2D eigenvalue weighted by Crippen LogP contribution is 2.28. The highest BCUT2D eigenvalue weighted by atomic mass is 15.0. The second-order valence-electron chi connectivity index (χ2n) is 5.80. The molecule has 0 aliphatic heterocycles. The molecule has 0 saturated heterocycles. The number of fused-ring (bicyclic) bond motifs is 1. The van der Waals surface area contributed by atoms with Crippen LogP contribution in [0, 0.1) is 18.3 Å². The fourth-order valence-corrected chi connectivity index (χ4v) is 2.97. The van der Waals surface area contributed by atoms with Gasteiger partial charge in [-0.15, -0.1) is 0 Å². The minimum atomic E-state index is 0.661. The van der Waals surface area contributed by atoms with Crippen LogP contribution in [-0.2, 0) is 0 Å². The largest absolute Gasteiger partial charge is 0.299 e. The van der Waals surface area contributed by atoms with Gasteiger partial charge in [-0.3, -0.25) is 4.40 Å². The summed E-state index contributed by atoms with van der Waals surface area (Å²) in [5, 5.41) is 8.96. The third-order valence-corrected chi connectivity index (χ3v) is 4.25. The summed E-state index contributed by atoms with van der Waals surface area (Å²) < 4.78 is 2.11. The van der Waals surface area contributed by atoms with Crippen molar-refractivity contribution < 1.29 is 0 Å². The molecule has 0 aliphatic carbocycles. The van der Waals surface area contributed by atoms with Crippen molar-refractivity contribution in [1.82, 2.24) is 9.38 Å². The number of aromatic nitrogens is 2. The van der Waals surface area contributed by atoms with E-state index in [0.29, 0.717) is 5.56 Å². The van der Waals surface area contributed by atoms with Gasteiger partial charge in [0.25, 0.3) is 0 Å². The van der Waals surface area contributed by atoms with E-state index >= 15 is 0 Å². The number of rotatable bonds is 2. The zero-order valence-corrected chi connectivity index (χ0v) is 13.3. The predicted octanol–water partition coefficient (Wildman–Crippen LogP) is 4.85. The molecule has 0 amide bonds. The molecule has 0 radical (unpaired) electrons. The van der Waals surface area contributed by atoms with Crippen LogP contribution in [0.4, 0.5) is 0 Å². The van der Waals surface area contributed by atoms with Gasteiger partial charge in [-0.05, 0) is 36.2 Å². The molecule has 0 aliphatic rings. The molecule has 0 spiro atoms. The molecule has 3 heteroatoms. The molecule has 0 bridgehead atoms. The zero-order chi connectivity index (χ0) is 16.5. The lowest BCUT2D eigenvalue weighted by Gasteiger charge is -2.09. The summed E-state index contributed by atoms with van der Waals surface area (Å²) in [7, 11) is 0. The zero-order valence-electron chi connectivity index (χ0n) is 13.3. The fraction of sp³-hybridized carbons (Fsp3) is 0.0476. The molecule has 0 N–H and O–H groups in total. The first kappa shape index (κ1) is 14.2. The fourth-order valence-electron chi connectivity index (χ4n) is 2.97. The van der Waals surface area contributed by atoms with E-state index in [0.717, 1.165) is 16.9 Å². The van der Waals surface area contributed by atoms with Gasteiger partial charge in [0, 0.05) is 17.3 Å². The van der Waals surface area contributed by atoms with Crippen LogP contribution in [-0.4, -0.2) is 9.38 Å². The van der Waals surface area contributed by atoms with E-state index in [2.05, 4.69) is 58.9 Å². The van der Waals surface area contributed by atoms with Crippen LogP contribution in [0.3, 0.4) is 0 Å². The van der Waals surface area contributed by atoms with Crippen LogP contribution in [0.25, 0.3) is 28.0 Å². The van der Waals surface area contributed by atoms with E-state index in [4.69, 9.17) is 5.26 Å². The second kappa shape index (κ2) is 5.68. The van der Waals surface area contributed by atoms with Crippen molar-refractivity contribution >= 4 is 5.65 Å². The Balaban J connectivity index is 1.90. The molecule has 114 valence electrons. The first-order chi connectivity index (χ1) is 11.8. The van der Waals surface area contributed by atoms with E-state index in [1.165, 1.54) is 16.7 Å². The Kier molecular flexibility index (Phi) is 3.36. The quantitative estimate of drug-likeness (QED) is 0.531. The standard InChI is InChI=1S/C21H15N3/c1-15-11-21-23-13-20(18-9-7-16(12-22)8-10-18)24(21)14-19(15)17-5-3-2-4-6-17/h2-11,13-14H,1H3. The summed E-state index contributed by atoms with van der Waals surface area (Å²) in [6.45, 7) is 2.11. The second-order valence-corrected chi connectivity index (χ2v) is 5.80. The van der Waals surface area contributed by atoms with Gasteiger partial charge in [0.2, 0.25) is 0 Å². The molecular weight excluding hydrogens is 294 g/mol. The highest BCUT2D eigenvalue weighted by Gasteiger charge is 2.10. The maximum Gasteiger partial charge on any atom is 0.137 e. The van der Waals surface area contributed by atoms with E-state index in [1.807, 2.05) is 36.5 Å². The molecule has 3 nitrogen and oxygen atoms in total. The maximum absolute atomic E-state index is 8.96. The van der Waals surface area contributed by atoms with Crippen LogP contribution < -0.4 is 0 Å². The lowest BCUT2D eigenvalue weighted by atomic mass is 10.0. The molecule has 2 aromatic heterocycles. The first-order valence-corrected chi connectivity index (χ1v) is 7.80. The Hall–Kier alpha value is -3.38. The van der Waals surface area contributed by atoms with Crippen LogP contribution >= 0.6 is 0 Å². The molecule has 24 heavy (non-hydrogen) atoms. The molecule has 0 unspecified atom stereocenters. The maximum atomic E-state index is 8.96. The van der Waals surface area contributed by atoms with Gasteiger partial charge in [0.05, 0.1) is 23.5 Å². The molecule has 0 saturated carbocycles. The molecular formula is C21H15N3. The predicted molar refractivity (Wildman–Crippen MR) is 95.5 cm³/mol. The molecule has 4 rings (SSSR count). The minimum Gasteiger partial charge on any atom is -0.299 e. The average molecular weight is 309 g/mol. The molecule has 0 fully saturated rings. The summed E-state index contributed by atoms with van der Waals surface area (Å²) in [6.07, 6.45) is 4.02. The normalized spacial score (nSPS) is 10.7. The van der Waals surface area contributed by atoms with Gasteiger partial charge in [-0.2, -0.15) is 5.26 Å². The Morgan fingerprint density at radius 1 is 0.958 bits per heavy atom. The van der Waals surface area contributed by atoms with E-state index in [-0.39, 0.29) is 0 Å². The minimum absolute atomic E-state index is 0.661. The summed E-state index contributed by atoms with van der Waals surface area (Å²) >= 11 is 0. The summed E-state index contributed by atoms with van der Waals surface area (Å²) in [4.78, 5) is 4.53. The first-order valence-electron chi connectivity index (χ1n) is 7.80. The van der Waals surface area contributed by atoms with Gasteiger partial charge in [0.15, 0.2) is 0 Å². The third kappa shape index (κ3) is 2.35. The van der Waals surface area contributed by atoms with Crippen molar-refractivity contribution in [1.29, 1.82) is 5.26 Å². The van der Waals surface area contributed by atoms with Crippen molar-refractivity contribution in [3.8, 4) is 28.5 Å². The number of hydrogen-bond donors (Lipinski definition) is 0. The van der Waals surface area contributed by atoms with E-state index < -0.39 is 0 Å². The number of pyridine rings is 1. The van der Waals surface area contributed by atoms with Crippen molar-refractivity contribution in [2.75, 3.05) is 0 Å². The van der Waals surface area contributed by atoms with Crippen LogP contribution in [0.1, 0.15) is 11.1 Å². The number of imidazole rings is 1. The van der Waals surface area contributed by atoms with Crippen molar-refractivity contribution in [2.45, 2.75) is 6.92 Å². The molecule has 2 heterocycles. The summed E-state index contributed by atoms with van der Waals surface area (Å²) in [5.41, 5.74) is 7.23. The highest BCUT2D eigenvalue weighted by molar-refractivity contribution is 5.72. The number of nitrogens with zero attached hydrogens (tertiary/aromatic N) is 3. The van der Waals surface area contributed by atoms with Gasteiger partial charge >= 0.3 is 0 Å². The van der Waals surface area contributed by atoms with Gasteiger partial charge in [0.1, 0.15) is 5.65 Å². The Morgan fingerprint density at radius 2 is 1.71 bits per heavy atom. The number of hydrogen-bond acceptors (Lipinski definition) is 2. The molecule has 2 aromatic carbocycles. The number of nitriles is 1. The van der Waals surface area contributed by atoms with E-state index in [9.17, 15) is 0 Å². The van der Waals surface area contributed by atoms with E-state index in [1.54, 1.807) is 0 Å². The van der Waals surface area contributed by atoms with Crippen molar-refractivity contribution in [3.05, 3.63) is 84.2 Å². The van der Waals surface area contributed by atoms with Crippen LogP contribution in [0.15, 0.2) is 73.1 Å². The van der Waals surface area contributed by atoms with Crippen molar-refractivity contribution in [3.63, 3.8) is 0 Å². The van der Waals surface area contributed by atoms with Gasteiger partial charge < -0.3 is 0 Å². The smallest absolute Gasteiger partial charge is 0.137 e.